The Morgan fingerprint density at radius 1 is 1.18 bits per heavy atom. The molecule has 1 aliphatic heterocycles. The third kappa shape index (κ3) is 4.64. The van der Waals surface area contributed by atoms with Gasteiger partial charge in [-0.3, -0.25) is 4.79 Å². The SMILES string of the molecule is O=C(CCNC1CCCC1)NCC1CCCO1. The van der Waals surface area contributed by atoms with E-state index in [1.807, 2.05) is 0 Å². The van der Waals surface area contributed by atoms with Crippen LogP contribution < -0.4 is 10.6 Å². The maximum absolute atomic E-state index is 11.6. The lowest BCUT2D eigenvalue weighted by atomic mass is 10.2. The van der Waals surface area contributed by atoms with Crippen LogP contribution in [-0.2, 0) is 9.53 Å². The predicted octanol–water partition coefficient (Wildman–Crippen LogP) is 1.20. The van der Waals surface area contributed by atoms with Gasteiger partial charge in [0.25, 0.3) is 0 Å². The van der Waals surface area contributed by atoms with Gasteiger partial charge in [0.2, 0.25) is 5.91 Å². The fourth-order valence-electron chi connectivity index (χ4n) is 2.64. The lowest BCUT2D eigenvalue weighted by molar-refractivity contribution is -0.121. The molecular formula is C13H24N2O2. The smallest absolute Gasteiger partial charge is 0.221 e. The Bertz CT molecular complexity index is 234. The van der Waals surface area contributed by atoms with Crippen molar-refractivity contribution in [3.8, 4) is 0 Å². The highest BCUT2D eigenvalue weighted by Gasteiger charge is 2.17. The summed E-state index contributed by atoms with van der Waals surface area (Å²) in [4.78, 5) is 11.6. The molecule has 1 saturated carbocycles. The summed E-state index contributed by atoms with van der Waals surface area (Å²) in [6, 6.07) is 0.654. The lowest BCUT2D eigenvalue weighted by Crippen LogP contribution is -2.35. The van der Waals surface area contributed by atoms with Gasteiger partial charge < -0.3 is 15.4 Å². The Morgan fingerprint density at radius 2 is 2.00 bits per heavy atom. The fourth-order valence-corrected chi connectivity index (χ4v) is 2.64. The number of amides is 1. The highest BCUT2D eigenvalue weighted by atomic mass is 16.5. The molecule has 4 heteroatoms. The van der Waals surface area contributed by atoms with Crippen LogP contribution in [0.5, 0.6) is 0 Å². The number of carbonyl (C=O) groups excluding carboxylic acids is 1. The average molecular weight is 240 g/mol. The van der Waals surface area contributed by atoms with E-state index < -0.39 is 0 Å². The van der Waals surface area contributed by atoms with Gasteiger partial charge in [-0.25, -0.2) is 0 Å². The molecule has 2 aliphatic rings. The van der Waals surface area contributed by atoms with E-state index in [1.165, 1.54) is 25.7 Å². The molecule has 0 spiro atoms. The summed E-state index contributed by atoms with van der Waals surface area (Å²) < 4.78 is 5.46. The van der Waals surface area contributed by atoms with Gasteiger partial charge in [-0.1, -0.05) is 12.8 Å². The monoisotopic (exact) mass is 240 g/mol. The van der Waals surface area contributed by atoms with Crippen molar-refractivity contribution in [3.63, 3.8) is 0 Å². The molecule has 98 valence electrons. The minimum Gasteiger partial charge on any atom is -0.376 e. The summed E-state index contributed by atoms with van der Waals surface area (Å²) >= 11 is 0. The standard InChI is InChI=1S/C13H24N2O2/c16-13(15-10-12-6-3-9-17-12)7-8-14-11-4-1-2-5-11/h11-12,14H,1-10H2,(H,15,16). The molecule has 1 unspecified atom stereocenters. The molecule has 1 heterocycles. The van der Waals surface area contributed by atoms with E-state index in [0.717, 1.165) is 26.0 Å². The van der Waals surface area contributed by atoms with E-state index in [-0.39, 0.29) is 12.0 Å². The molecule has 1 aliphatic carbocycles. The second-order valence-electron chi connectivity index (χ2n) is 5.12. The molecule has 2 rings (SSSR count). The zero-order chi connectivity index (χ0) is 11.9. The van der Waals surface area contributed by atoms with Crippen LogP contribution in [0.4, 0.5) is 0 Å². The number of rotatable bonds is 6. The van der Waals surface area contributed by atoms with E-state index in [1.54, 1.807) is 0 Å². The third-order valence-electron chi connectivity index (χ3n) is 3.69. The molecule has 1 atom stereocenters. The fraction of sp³-hybridized carbons (Fsp3) is 0.923. The Hall–Kier alpha value is -0.610. The highest BCUT2D eigenvalue weighted by Crippen LogP contribution is 2.17. The Kier molecular flexibility index (Phi) is 5.26. The minimum absolute atomic E-state index is 0.144. The van der Waals surface area contributed by atoms with Crippen molar-refractivity contribution in [2.75, 3.05) is 19.7 Å². The highest BCUT2D eigenvalue weighted by molar-refractivity contribution is 5.76. The molecule has 0 radical (unpaired) electrons. The zero-order valence-electron chi connectivity index (χ0n) is 10.5. The molecule has 1 saturated heterocycles. The zero-order valence-corrected chi connectivity index (χ0v) is 10.5. The minimum atomic E-state index is 0.144. The molecule has 2 N–H and O–H groups in total. The maximum Gasteiger partial charge on any atom is 0.221 e. The number of nitrogens with one attached hydrogen (secondary N) is 2. The summed E-state index contributed by atoms with van der Waals surface area (Å²) in [6.07, 6.45) is 8.27. The van der Waals surface area contributed by atoms with Crippen molar-refractivity contribution in [1.82, 2.24) is 10.6 Å². The van der Waals surface area contributed by atoms with Crippen LogP contribution >= 0.6 is 0 Å². The van der Waals surface area contributed by atoms with E-state index in [2.05, 4.69) is 10.6 Å². The first-order valence-corrected chi connectivity index (χ1v) is 6.96. The summed E-state index contributed by atoms with van der Waals surface area (Å²) in [5, 5.41) is 6.39. The number of carbonyl (C=O) groups is 1. The molecule has 0 bridgehead atoms. The van der Waals surface area contributed by atoms with Crippen LogP contribution in [0.2, 0.25) is 0 Å². The maximum atomic E-state index is 11.6. The Labute approximate surface area is 103 Å². The summed E-state index contributed by atoms with van der Waals surface area (Å²) in [5.74, 6) is 0.144. The van der Waals surface area contributed by atoms with Crippen molar-refractivity contribution >= 4 is 5.91 Å². The van der Waals surface area contributed by atoms with Gasteiger partial charge in [0.15, 0.2) is 0 Å². The van der Waals surface area contributed by atoms with Gasteiger partial charge in [-0.15, -0.1) is 0 Å². The number of hydrogen-bond donors (Lipinski definition) is 2. The molecule has 2 fully saturated rings. The molecule has 0 aromatic carbocycles. The van der Waals surface area contributed by atoms with Gasteiger partial charge in [0.1, 0.15) is 0 Å². The number of hydrogen-bond acceptors (Lipinski definition) is 3. The second kappa shape index (κ2) is 6.97. The van der Waals surface area contributed by atoms with Crippen LogP contribution in [-0.4, -0.2) is 37.7 Å². The molecule has 17 heavy (non-hydrogen) atoms. The Balaban J connectivity index is 1.48. The molecule has 4 nitrogen and oxygen atoms in total. The van der Waals surface area contributed by atoms with Crippen molar-refractivity contribution in [2.24, 2.45) is 0 Å². The van der Waals surface area contributed by atoms with Crippen molar-refractivity contribution in [3.05, 3.63) is 0 Å². The predicted molar refractivity (Wildman–Crippen MR) is 66.9 cm³/mol. The summed E-state index contributed by atoms with van der Waals surface area (Å²) in [5.41, 5.74) is 0. The average Bonchev–Trinajstić information content (AvgIpc) is 2.99. The largest absolute Gasteiger partial charge is 0.376 e. The van der Waals surface area contributed by atoms with E-state index in [0.29, 0.717) is 19.0 Å². The Morgan fingerprint density at radius 3 is 2.71 bits per heavy atom. The van der Waals surface area contributed by atoms with Gasteiger partial charge in [0.05, 0.1) is 6.10 Å². The van der Waals surface area contributed by atoms with E-state index in [4.69, 9.17) is 4.74 Å². The first kappa shape index (κ1) is 12.8. The number of ether oxygens (including phenoxy) is 1. The van der Waals surface area contributed by atoms with Crippen LogP contribution in [0.1, 0.15) is 44.9 Å². The van der Waals surface area contributed by atoms with Gasteiger partial charge in [-0.2, -0.15) is 0 Å². The molecule has 1 amide bonds. The molecular weight excluding hydrogens is 216 g/mol. The van der Waals surface area contributed by atoms with Gasteiger partial charge >= 0.3 is 0 Å². The first-order chi connectivity index (χ1) is 8.34. The van der Waals surface area contributed by atoms with Crippen LogP contribution in [0, 0.1) is 0 Å². The molecule has 0 aromatic heterocycles. The van der Waals surface area contributed by atoms with Crippen LogP contribution in [0.3, 0.4) is 0 Å². The van der Waals surface area contributed by atoms with Gasteiger partial charge in [-0.05, 0) is 25.7 Å². The van der Waals surface area contributed by atoms with Crippen molar-refractivity contribution in [2.45, 2.75) is 57.1 Å². The quantitative estimate of drug-likeness (QED) is 0.733. The van der Waals surface area contributed by atoms with E-state index >= 15 is 0 Å². The normalized spacial score (nSPS) is 25.3. The third-order valence-corrected chi connectivity index (χ3v) is 3.69. The van der Waals surface area contributed by atoms with Crippen LogP contribution in [0.25, 0.3) is 0 Å². The van der Waals surface area contributed by atoms with Crippen LogP contribution in [0.15, 0.2) is 0 Å². The molecule has 0 aromatic rings. The van der Waals surface area contributed by atoms with Crippen molar-refractivity contribution in [1.29, 1.82) is 0 Å². The second-order valence-corrected chi connectivity index (χ2v) is 5.12. The van der Waals surface area contributed by atoms with Gasteiger partial charge in [0, 0.05) is 32.2 Å². The summed E-state index contributed by atoms with van der Waals surface area (Å²) in [7, 11) is 0. The topological polar surface area (TPSA) is 50.4 Å². The lowest BCUT2D eigenvalue weighted by Gasteiger charge is -2.13. The van der Waals surface area contributed by atoms with Crippen molar-refractivity contribution < 1.29 is 9.53 Å². The summed E-state index contributed by atoms with van der Waals surface area (Å²) in [6.45, 7) is 2.34. The van der Waals surface area contributed by atoms with E-state index in [9.17, 15) is 4.79 Å². The first-order valence-electron chi connectivity index (χ1n) is 6.96.